The third-order valence-corrected chi connectivity index (χ3v) is 9.56. The zero-order valence-electron chi connectivity index (χ0n) is 23.7. The van der Waals surface area contributed by atoms with Crippen molar-refractivity contribution in [3.8, 4) is 0 Å². The smallest absolute Gasteiger partial charge is 0.243 e. The molecule has 0 saturated carbocycles. The van der Waals surface area contributed by atoms with Gasteiger partial charge in [-0.2, -0.15) is 9.40 Å². The summed E-state index contributed by atoms with van der Waals surface area (Å²) in [6.45, 7) is 2.59. The van der Waals surface area contributed by atoms with Crippen molar-refractivity contribution in [1.29, 1.82) is 0 Å². The van der Waals surface area contributed by atoms with Gasteiger partial charge in [0.15, 0.2) is 5.78 Å². The molecule has 1 fully saturated rings. The van der Waals surface area contributed by atoms with E-state index < -0.39 is 26.6 Å². The van der Waals surface area contributed by atoms with Crippen molar-refractivity contribution in [2.75, 3.05) is 57.3 Å². The Morgan fingerprint density at radius 1 is 1.19 bits per heavy atom. The lowest BCUT2D eigenvalue weighted by Crippen LogP contribution is -2.36. The second-order valence-corrected chi connectivity index (χ2v) is 12.5. The number of anilines is 2. The van der Waals surface area contributed by atoms with E-state index in [1.807, 2.05) is 19.2 Å². The fourth-order valence-corrected chi connectivity index (χ4v) is 6.76. The van der Waals surface area contributed by atoms with E-state index in [9.17, 15) is 22.0 Å². The summed E-state index contributed by atoms with van der Waals surface area (Å²) in [5, 5.41) is 10.8. The van der Waals surface area contributed by atoms with Crippen molar-refractivity contribution < 1.29 is 31.5 Å². The lowest BCUT2D eigenvalue weighted by molar-refractivity contribution is 0.0904. The maximum Gasteiger partial charge on any atom is 0.243 e. The molecule has 42 heavy (non-hydrogen) atoms. The zero-order valence-corrected chi connectivity index (χ0v) is 24.5. The van der Waals surface area contributed by atoms with Gasteiger partial charge in [0.1, 0.15) is 11.6 Å². The monoisotopic (exact) mass is 603 g/mol. The second-order valence-electron chi connectivity index (χ2n) is 10.6. The maximum atomic E-state index is 13.8. The van der Waals surface area contributed by atoms with Crippen molar-refractivity contribution >= 4 is 27.2 Å². The third kappa shape index (κ3) is 6.64. The number of benzene rings is 2. The molecule has 10 nitrogen and oxygen atoms in total. The Morgan fingerprint density at radius 3 is 2.64 bits per heavy atom. The Kier molecular flexibility index (Phi) is 9.21. The van der Waals surface area contributed by atoms with Gasteiger partial charge in [0.05, 0.1) is 23.6 Å². The molecule has 2 aliphatic heterocycles. The summed E-state index contributed by atoms with van der Waals surface area (Å²) in [4.78, 5) is 15.3. The summed E-state index contributed by atoms with van der Waals surface area (Å²) < 4.78 is 65.9. The molecule has 5 rings (SSSR count). The fraction of sp³-hybridized carbons (Fsp3) is 0.448. The number of aromatic amines is 1. The first-order chi connectivity index (χ1) is 20.2. The van der Waals surface area contributed by atoms with Crippen LogP contribution in [0, 0.1) is 11.6 Å². The van der Waals surface area contributed by atoms with Crippen LogP contribution in [0.4, 0.5) is 20.2 Å². The Bertz CT molecular complexity index is 1520. The van der Waals surface area contributed by atoms with Crippen LogP contribution in [0.5, 0.6) is 0 Å². The number of H-pyrrole nitrogens is 1. The van der Waals surface area contributed by atoms with Crippen molar-refractivity contribution in [2.45, 2.75) is 43.2 Å². The van der Waals surface area contributed by atoms with Gasteiger partial charge in [0.2, 0.25) is 10.0 Å². The maximum absolute atomic E-state index is 13.8. The Hall–Kier alpha value is -3.39. The molecule has 2 aromatic carbocycles. The molecular formula is C29H35F2N5O5S. The van der Waals surface area contributed by atoms with Crippen LogP contribution in [0.25, 0.3) is 0 Å². The van der Waals surface area contributed by atoms with E-state index >= 15 is 0 Å². The highest BCUT2D eigenvalue weighted by atomic mass is 32.2. The molecule has 0 spiro atoms. The highest BCUT2D eigenvalue weighted by molar-refractivity contribution is 7.89. The number of hydrogen-bond donors (Lipinski definition) is 2. The van der Waals surface area contributed by atoms with E-state index in [-0.39, 0.29) is 31.3 Å². The van der Waals surface area contributed by atoms with E-state index in [1.165, 1.54) is 0 Å². The summed E-state index contributed by atoms with van der Waals surface area (Å²) in [6.07, 6.45) is 1.93. The van der Waals surface area contributed by atoms with Crippen molar-refractivity contribution in [2.24, 2.45) is 0 Å². The van der Waals surface area contributed by atoms with Crippen LogP contribution in [0.15, 0.2) is 41.3 Å². The summed E-state index contributed by atoms with van der Waals surface area (Å²) >= 11 is 0. The molecule has 0 aliphatic carbocycles. The number of hydrogen-bond acceptors (Lipinski definition) is 8. The van der Waals surface area contributed by atoms with Crippen LogP contribution in [-0.2, 0) is 38.9 Å². The number of ketones is 1. The van der Waals surface area contributed by atoms with E-state index in [4.69, 9.17) is 9.47 Å². The number of aromatic nitrogens is 2. The van der Waals surface area contributed by atoms with Crippen LogP contribution in [0.2, 0.25) is 0 Å². The average molecular weight is 604 g/mol. The van der Waals surface area contributed by atoms with E-state index in [2.05, 4.69) is 20.4 Å². The van der Waals surface area contributed by atoms with Crippen molar-refractivity contribution in [3.05, 3.63) is 70.5 Å². The van der Waals surface area contributed by atoms with Gasteiger partial charge in [-0.25, -0.2) is 17.2 Å². The number of sulfonamides is 1. The summed E-state index contributed by atoms with van der Waals surface area (Å²) in [5.41, 5.74) is 3.95. The number of likely N-dealkylation sites (N-methyl/N-ethyl adjacent to an activating group) is 1. The lowest BCUT2D eigenvalue weighted by atomic mass is 9.98. The zero-order chi connectivity index (χ0) is 29.9. The fourth-order valence-electron chi connectivity index (χ4n) is 5.31. The number of halogens is 2. The number of methoxy groups -OCH3 is 1. The minimum Gasteiger partial charge on any atom is -0.383 e. The molecule has 0 amide bonds. The van der Waals surface area contributed by atoms with Crippen LogP contribution >= 0.6 is 0 Å². The number of nitrogens with zero attached hydrogens (tertiary/aromatic N) is 3. The Labute approximate surface area is 244 Å². The van der Waals surface area contributed by atoms with Gasteiger partial charge in [-0.3, -0.25) is 9.89 Å². The van der Waals surface area contributed by atoms with E-state index in [0.717, 1.165) is 46.3 Å². The van der Waals surface area contributed by atoms with Crippen LogP contribution in [0.3, 0.4) is 0 Å². The molecule has 13 heteroatoms. The molecule has 3 heterocycles. The number of Topliss-reactive ketones (excluding diaryl/α,β-unsaturated/α-hetero) is 1. The SMILES string of the molecule is COCCN(C)c1ccc(C(=O)Cc2n[nH]c3c2CN(S(=O)(=O)c2cc(F)cc(F)c2)CC3)c(NC2CCOCC2)c1. The molecule has 3 aromatic rings. The van der Waals surface area contributed by atoms with Gasteiger partial charge in [0.25, 0.3) is 0 Å². The molecule has 226 valence electrons. The predicted octanol–water partition coefficient (Wildman–Crippen LogP) is 3.53. The number of ether oxygens (including phenoxy) is 2. The minimum atomic E-state index is -4.17. The van der Waals surface area contributed by atoms with Gasteiger partial charge < -0.3 is 19.7 Å². The van der Waals surface area contributed by atoms with E-state index in [1.54, 1.807) is 13.2 Å². The molecular weight excluding hydrogens is 568 g/mol. The van der Waals surface area contributed by atoms with Crippen LogP contribution < -0.4 is 10.2 Å². The molecule has 0 radical (unpaired) electrons. The number of rotatable bonds is 11. The van der Waals surface area contributed by atoms with Gasteiger partial charge in [0, 0.05) is 93.7 Å². The molecule has 0 unspecified atom stereocenters. The second kappa shape index (κ2) is 12.9. The normalized spacial score (nSPS) is 16.3. The van der Waals surface area contributed by atoms with Crippen molar-refractivity contribution in [3.63, 3.8) is 0 Å². The minimum absolute atomic E-state index is 0.0460. The number of carbonyl (C=O) groups is 1. The largest absolute Gasteiger partial charge is 0.383 e. The van der Waals surface area contributed by atoms with Gasteiger partial charge in [-0.15, -0.1) is 0 Å². The molecule has 2 N–H and O–H groups in total. The highest BCUT2D eigenvalue weighted by Crippen LogP contribution is 2.30. The third-order valence-electron chi connectivity index (χ3n) is 7.74. The van der Waals surface area contributed by atoms with Gasteiger partial charge >= 0.3 is 0 Å². The molecule has 0 atom stereocenters. The topological polar surface area (TPSA) is 117 Å². The van der Waals surface area contributed by atoms with Crippen LogP contribution in [0.1, 0.15) is 40.2 Å². The summed E-state index contributed by atoms with van der Waals surface area (Å²) in [5.74, 6) is -2.11. The quantitative estimate of drug-likeness (QED) is 0.320. The summed E-state index contributed by atoms with van der Waals surface area (Å²) in [6, 6.07) is 8.05. The number of carbonyl (C=O) groups excluding carboxylic acids is 1. The Balaban J connectivity index is 1.38. The standard InChI is InChI=1S/C29H35F2N5O5S/c1-35(9-12-40-2)22-3-4-24(27(16-22)32-21-6-10-41-11-7-21)29(37)17-28-25-18-36(8-5-26(25)33-34-28)42(38,39)23-14-19(30)13-20(31)15-23/h3-4,13-16,21,32H,5-12,17-18H2,1-2H3,(H,33,34). The number of nitrogens with one attached hydrogen (secondary N) is 2. The average Bonchev–Trinajstić information content (AvgIpc) is 3.37. The molecule has 0 bridgehead atoms. The predicted molar refractivity (Wildman–Crippen MR) is 153 cm³/mol. The number of fused-ring (bicyclic) bond motifs is 1. The van der Waals surface area contributed by atoms with E-state index in [0.29, 0.717) is 55.7 Å². The first kappa shape index (κ1) is 30.1. The molecule has 2 aliphatic rings. The molecule has 1 saturated heterocycles. The van der Waals surface area contributed by atoms with Crippen LogP contribution in [-0.4, -0.2) is 81.8 Å². The highest BCUT2D eigenvalue weighted by Gasteiger charge is 2.32. The first-order valence-electron chi connectivity index (χ1n) is 13.9. The first-order valence-corrected chi connectivity index (χ1v) is 15.3. The lowest BCUT2D eigenvalue weighted by Gasteiger charge is -2.27. The molecule has 1 aromatic heterocycles. The van der Waals surface area contributed by atoms with Crippen molar-refractivity contribution in [1.82, 2.24) is 14.5 Å². The summed E-state index contributed by atoms with van der Waals surface area (Å²) in [7, 11) is -0.564. The van der Waals surface area contributed by atoms with Gasteiger partial charge in [-0.1, -0.05) is 0 Å². The van der Waals surface area contributed by atoms with Gasteiger partial charge in [-0.05, 0) is 43.2 Å². The Morgan fingerprint density at radius 2 is 1.93 bits per heavy atom.